The second kappa shape index (κ2) is 3.34. The third-order valence-corrected chi connectivity index (χ3v) is 3.47. The summed E-state index contributed by atoms with van der Waals surface area (Å²) in [4.78, 5) is 4.64. The Kier molecular flexibility index (Phi) is 2.06. The van der Waals surface area contributed by atoms with Crippen molar-refractivity contribution in [3.63, 3.8) is 0 Å². The molecule has 2 heteroatoms. The zero-order valence-corrected chi connectivity index (χ0v) is 10.2. The minimum Gasteiger partial charge on any atom is -0.325 e. The fraction of sp³-hybridized carbons (Fsp3) is 0.500. The van der Waals surface area contributed by atoms with Gasteiger partial charge in [0.05, 0.1) is 11.0 Å². The van der Waals surface area contributed by atoms with Crippen molar-refractivity contribution in [2.45, 2.75) is 45.6 Å². The number of nitrogens with zero attached hydrogens (tertiary/aromatic N) is 2. The van der Waals surface area contributed by atoms with E-state index in [4.69, 9.17) is 0 Å². The van der Waals surface area contributed by atoms with E-state index in [1.807, 2.05) is 0 Å². The van der Waals surface area contributed by atoms with Crippen molar-refractivity contribution in [3.05, 3.63) is 29.6 Å². The van der Waals surface area contributed by atoms with Crippen LogP contribution in [0.5, 0.6) is 0 Å². The maximum absolute atomic E-state index is 4.64. The van der Waals surface area contributed by atoms with E-state index < -0.39 is 0 Å². The molecule has 16 heavy (non-hydrogen) atoms. The molecule has 3 rings (SSSR count). The molecule has 0 spiro atoms. The molecule has 2 nitrogen and oxygen atoms in total. The number of fused-ring (bicyclic) bond motifs is 1. The van der Waals surface area contributed by atoms with Gasteiger partial charge in [0.2, 0.25) is 0 Å². The van der Waals surface area contributed by atoms with Gasteiger partial charge in [-0.05, 0) is 43.4 Å². The van der Waals surface area contributed by atoms with Crippen molar-refractivity contribution in [1.82, 2.24) is 9.55 Å². The molecular weight excluding hydrogens is 196 g/mol. The lowest BCUT2D eigenvalue weighted by Crippen LogP contribution is -1.97. The smallest absolute Gasteiger partial charge is 0.106 e. The number of aryl methyl sites for hydroxylation is 1. The van der Waals surface area contributed by atoms with Crippen LogP contribution in [0.3, 0.4) is 0 Å². The summed E-state index contributed by atoms with van der Waals surface area (Å²) in [6.07, 6.45) is 2.64. The number of aromatic nitrogens is 2. The lowest BCUT2D eigenvalue weighted by Gasteiger charge is -2.07. The highest BCUT2D eigenvalue weighted by atomic mass is 15.1. The lowest BCUT2D eigenvalue weighted by molar-refractivity contribution is 0.733. The maximum atomic E-state index is 4.64. The van der Waals surface area contributed by atoms with Gasteiger partial charge in [-0.2, -0.15) is 0 Å². The molecular formula is C14H18N2. The van der Waals surface area contributed by atoms with E-state index in [2.05, 4.69) is 48.5 Å². The highest BCUT2D eigenvalue weighted by Gasteiger charge is 2.26. The van der Waals surface area contributed by atoms with Crippen molar-refractivity contribution in [2.24, 2.45) is 0 Å². The predicted molar refractivity (Wildman–Crippen MR) is 66.8 cm³/mol. The molecule has 1 aromatic carbocycles. The predicted octanol–water partition coefficient (Wildman–Crippen LogP) is 3.80. The van der Waals surface area contributed by atoms with E-state index in [1.165, 1.54) is 29.7 Å². The quantitative estimate of drug-likeness (QED) is 0.743. The average molecular weight is 214 g/mol. The molecule has 84 valence electrons. The van der Waals surface area contributed by atoms with Crippen LogP contribution in [0.4, 0.5) is 0 Å². The fourth-order valence-corrected chi connectivity index (χ4v) is 2.38. The zero-order valence-electron chi connectivity index (χ0n) is 10.2. The lowest BCUT2D eigenvalue weighted by atomic mass is 10.0. The van der Waals surface area contributed by atoms with E-state index in [0.29, 0.717) is 12.0 Å². The fourth-order valence-electron chi connectivity index (χ4n) is 2.38. The first-order chi connectivity index (χ1) is 7.66. The molecule has 2 aromatic rings. The third kappa shape index (κ3) is 1.44. The number of rotatable bonds is 2. The van der Waals surface area contributed by atoms with Gasteiger partial charge in [-0.3, -0.25) is 0 Å². The zero-order chi connectivity index (χ0) is 11.3. The molecule has 1 fully saturated rings. The van der Waals surface area contributed by atoms with Gasteiger partial charge < -0.3 is 4.57 Å². The Labute approximate surface area is 96.3 Å². The van der Waals surface area contributed by atoms with Crippen molar-refractivity contribution in [1.29, 1.82) is 0 Å². The van der Waals surface area contributed by atoms with Crippen LogP contribution in [-0.4, -0.2) is 9.55 Å². The van der Waals surface area contributed by atoms with E-state index >= 15 is 0 Å². The van der Waals surface area contributed by atoms with E-state index in [1.54, 1.807) is 0 Å². The molecule has 1 aromatic heterocycles. The molecule has 0 unspecified atom stereocenters. The van der Waals surface area contributed by atoms with Crippen LogP contribution in [0.1, 0.15) is 50.0 Å². The molecule has 0 amide bonds. The number of benzene rings is 1. The van der Waals surface area contributed by atoms with Gasteiger partial charge in [0.1, 0.15) is 5.82 Å². The van der Waals surface area contributed by atoms with Crippen LogP contribution in [-0.2, 0) is 0 Å². The number of imidazole rings is 1. The third-order valence-electron chi connectivity index (χ3n) is 3.47. The van der Waals surface area contributed by atoms with Gasteiger partial charge in [0, 0.05) is 6.04 Å². The van der Waals surface area contributed by atoms with Gasteiger partial charge in [-0.25, -0.2) is 4.98 Å². The van der Waals surface area contributed by atoms with E-state index in [0.717, 1.165) is 5.52 Å². The molecule has 0 aliphatic heterocycles. The molecule has 1 aliphatic rings. The summed E-state index contributed by atoms with van der Waals surface area (Å²) >= 11 is 0. The second-order valence-electron chi connectivity index (χ2n) is 5.16. The van der Waals surface area contributed by atoms with E-state index in [-0.39, 0.29) is 0 Å². The molecule has 0 saturated heterocycles. The Hall–Kier alpha value is -1.31. The Morgan fingerprint density at radius 1 is 1.31 bits per heavy atom. The van der Waals surface area contributed by atoms with Gasteiger partial charge in [-0.15, -0.1) is 0 Å². The normalized spacial score (nSPS) is 16.2. The van der Waals surface area contributed by atoms with Gasteiger partial charge >= 0.3 is 0 Å². The van der Waals surface area contributed by atoms with Crippen LogP contribution in [0, 0.1) is 6.92 Å². The summed E-state index contributed by atoms with van der Waals surface area (Å²) in [5.74, 6) is 1.76. The summed E-state index contributed by atoms with van der Waals surface area (Å²) in [7, 11) is 0. The first-order valence-corrected chi connectivity index (χ1v) is 6.15. The van der Waals surface area contributed by atoms with Crippen molar-refractivity contribution < 1.29 is 0 Å². The topological polar surface area (TPSA) is 17.8 Å². The summed E-state index contributed by atoms with van der Waals surface area (Å²) in [6, 6.07) is 7.40. The summed E-state index contributed by atoms with van der Waals surface area (Å²) in [6.45, 7) is 6.60. The highest BCUT2D eigenvalue weighted by molar-refractivity contribution is 5.77. The highest BCUT2D eigenvalue weighted by Crippen LogP contribution is 2.38. The Bertz CT molecular complexity index is 533. The molecule has 0 radical (unpaired) electrons. The molecule has 1 heterocycles. The number of hydrogen-bond donors (Lipinski definition) is 0. The van der Waals surface area contributed by atoms with Crippen molar-refractivity contribution in [3.8, 4) is 0 Å². The molecule has 1 saturated carbocycles. The first kappa shape index (κ1) is 9.88. The monoisotopic (exact) mass is 214 g/mol. The molecule has 0 N–H and O–H groups in total. The number of hydrogen-bond acceptors (Lipinski definition) is 1. The van der Waals surface area contributed by atoms with Crippen molar-refractivity contribution >= 4 is 11.0 Å². The first-order valence-electron chi connectivity index (χ1n) is 6.15. The van der Waals surface area contributed by atoms with E-state index in [9.17, 15) is 0 Å². The van der Waals surface area contributed by atoms with Crippen LogP contribution in [0.2, 0.25) is 0 Å². The minimum atomic E-state index is 0.590. The van der Waals surface area contributed by atoms with Gasteiger partial charge in [0.25, 0.3) is 0 Å². The van der Waals surface area contributed by atoms with Crippen LogP contribution < -0.4 is 0 Å². The maximum Gasteiger partial charge on any atom is 0.106 e. The summed E-state index contributed by atoms with van der Waals surface area (Å²) in [5.41, 5.74) is 3.88. The Morgan fingerprint density at radius 3 is 2.69 bits per heavy atom. The molecule has 1 aliphatic carbocycles. The van der Waals surface area contributed by atoms with Crippen molar-refractivity contribution in [2.75, 3.05) is 0 Å². The largest absolute Gasteiger partial charge is 0.325 e. The van der Waals surface area contributed by atoms with Gasteiger partial charge in [-0.1, -0.05) is 19.9 Å². The van der Waals surface area contributed by atoms with Gasteiger partial charge in [0.15, 0.2) is 0 Å². The molecule has 0 bridgehead atoms. The Balaban J connectivity index is 2.23. The second-order valence-corrected chi connectivity index (χ2v) is 5.16. The minimum absolute atomic E-state index is 0.590. The average Bonchev–Trinajstić information content (AvgIpc) is 3.00. The molecule has 0 atom stereocenters. The van der Waals surface area contributed by atoms with Crippen LogP contribution in [0.25, 0.3) is 11.0 Å². The summed E-state index contributed by atoms with van der Waals surface area (Å²) < 4.78 is 2.42. The van der Waals surface area contributed by atoms with Crippen LogP contribution in [0.15, 0.2) is 18.2 Å². The Morgan fingerprint density at radius 2 is 2.06 bits per heavy atom. The standard InChI is InChI=1S/C14H18N2/c1-9(2)11-4-7-13-14(8-11)16(10(3)15-13)12-5-6-12/h4,7-9,12H,5-6H2,1-3H3. The van der Waals surface area contributed by atoms with Crippen LogP contribution >= 0.6 is 0 Å². The SMILES string of the molecule is Cc1nc2ccc(C(C)C)cc2n1C1CC1. The summed E-state index contributed by atoms with van der Waals surface area (Å²) in [5, 5.41) is 0.